The maximum atomic E-state index is 13.8. The average molecular weight is 302 g/mol. The molecule has 1 aromatic rings. The van der Waals surface area contributed by atoms with Gasteiger partial charge in [0.25, 0.3) is 5.91 Å². The molecule has 0 N–H and O–H groups in total. The molecule has 0 saturated carbocycles. The van der Waals surface area contributed by atoms with E-state index in [2.05, 4.69) is 4.98 Å². The van der Waals surface area contributed by atoms with Crippen molar-refractivity contribution in [1.29, 1.82) is 0 Å². The molecule has 2 aliphatic heterocycles. The highest BCUT2D eigenvalue weighted by molar-refractivity contribution is 6.30. The summed E-state index contributed by atoms with van der Waals surface area (Å²) in [6.07, 6.45) is 0.141. The van der Waals surface area contributed by atoms with Crippen molar-refractivity contribution in [2.24, 2.45) is 0 Å². The Labute approximate surface area is 118 Å². The van der Waals surface area contributed by atoms with E-state index in [1.54, 1.807) is 0 Å². The van der Waals surface area contributed by atoms with Crippen LogP contribution in [0, 0.1) is 5.82 Å². The molecule has 20 heavy (non-hydrogen) atoms. The van der Waals surface area contributed by atoms with E-state index in [4.69, 9.17) is 11.6 Å². The molecule has 0 bridgehead atoms. The molecule has 2 atom stereocenters. The third-order valence-corrected chi connectivity index (χ3v) is 3.69. The number of halogens is 3. The summed E-state index contributed by atoms with van der Waals surface area (Å²) in [5.41, 5.74) is 0. The van der Waals surface area contributed by atoms with Crippen LogP contribution in [0.5, 0.6) is 0 Å². The number of aromatic nitrogens is 1. The number of piperidine rings is 1. The van der Waals surface area contributed by atoms with Crippen molar-refractivity contribution in [3.8, 4) is 0 Å². The van der Waals surface area contributed by atoms with Crippen LogP contribution >= 0.6 is 11.6 Å². The lowest BCUT2D eigenvalue weighted by Gasteiger charge is -2.28. The fraction of sp³-hybridized carbons (Fsp3) is 0.417. The zero-order valence-electron chi connectivity index (χ0n) is 10.2. The van der Waals surface area contributed by atoms with Gasteiger partial charge in [0.05, 0.1) is 5.02 Å². The number of anilines is 1. The molecule has 2 fully saturated rings. The molecule has 3 rings (SSSR count). The smallest absolute Gasteiger partial charge is 0.312 e. The van der Waals surface area contributed by atoms with Crippen LogP contribution in [0.1, 0.15) is 12.8 Å². The third kappa shape index (κ3) is 1.93. The second kappa shape index (κ2) is 4.66. The Bertz CT molecular complexity index is 598. The van der Waals surface area contributed by atoms with Crippen molar-refractivity contribution in [3.05, 3.63) is 23.1 Å². The van der Waals surface area contributed by atoms with Crippen molar-refractivity contribution in [3.63, 3.8) is 0 Å². The van der Waals surface area contributed by atoms with Crippen LogP contribution in [0.4, 0.5) is 19.4 Å². The Morgan fingerprint density at radius 3 is 2.85 bits per heavy atom. The average Bonchev–Trinajstić information content (AvgIpc) is 2.63. The van der Waals surface area contributed by atoms with Crippen molar-refractivity contribution in [1.82, 2.24) is 9.88 Å². The molecule has 0 aliphatic carbocycles. The van der Waals surface area contributed by atoms with Crippen LogP contribution in [-0.2, 0) is 4.79 Å². The lowest BCUT2D eigenvalue weighted by Crippen LogP contribution is -2.42. The van der Waals surface area contributed by atoms with E-state index in [0.29, 0.717) is 4.90 Å². The van der Waals surface area contributed by atoms with E-state index in [-0.39, 0.29) is 24.4 Å². The predicted molar refractivity (Wildman–Crippen MR) is 66.7 cm³/mol. The van der Waals surface area contributed by atoms with Crippen LogP contribution in [0.2, 0.25) is 5.02 Å². The molecule has 0 aromatic carbocycles. The van der Waals surface area contributed by atoms with Gasteiger partial charge in [0.15, 0.2) is 11.6 Å². The SMILES string of the molecule is O=C1C2CC(F)CCN2C(=O)N1c1ncc(Cl)cc1F. The zero-order chi connectivity index (χ0) is 14.4. The second-order valence-electron chi connectivity index (χ2n) is 4.75. The van der Waals surface area contributed by atoms with E-state index in [0.717, 1.165) is 12.3 Å². The van der Waals surface area contributed by atoms with Gasteiger partial charge in [-0.3, -0.25) is 4.79 Å². The topological polar surface area (TPSA) is 53.5 Å². The molecule has 2 unspecified atom stereocenters. The number of amides is 3. The summed E-state index contributed by atoms with van der Waals surface area (Å²) in [6, 6.07) is -0.566. The summed E-state index contributed by atoms with van der Waals surface area (Å²) in [6.45, 7) is 0.141. The lowest BCUT2D eigenvalue weighted by molar-refractivity contribution is -0.121. The van der Waals surface area contributed by atoms with Crippen molar-refractivity contribution in [2.45, 2.75) is 25.1 Å². The summed E-state index contributed by atoms with van der Waals surface area (Å²) < 4.78 is 27.2. The Morgan fingerprint density at radius 2 is 2.15 bits per heavy atom. The first kappa shape index (κ1) is 13.2. The Morgan fingerprint density at radius 1 is 1.40 bits per heavy atom. The standard InChI is InChI=1S/C12H10ClF2N3O2/c13-6-3-8(15)10(16-5-6)18-11(19)9-4-7(14)1-2-17(9)12(18)20/h3,5,7,9H,1-2,4H2. The van der Waals surface area contributed by atoms with Gasteiger partial charge in [0.2, 0.25) is 0 Å². The first-order valence-electron chi connectivity index (χ1n) is 6.08. The summed E-state index contributed by atoms with van der Waals surface area (Å²) >= 11 is 5.59. The summed E-state index contributed by atoms with van der Waals surface area (Å²) in [5.74, 6) is -1.91. The van der Waals surface area contributed by atoms with Gasteiger partial charge in [-0.15, -0.1) is 0 Å². The number of rotatable bonds is 1. The lowest BCUT2D eigenvalue weighted by atomic mass is 10.0. The minimum atomic E-state index is -1.13. The van der Waals surface area contributed by atoms with Crippen LogP contribution in [0.3, 0.4) is 0 Å². The number of hydrogen-bond donors (Lipinski definition) is 0. The summed E-state index contributed by atoms with van der Waals surface area (Å²) in [4.78, 5) is 30.0. The number of urea groups is 1. The molecular formula is C12H10ClF2N3O2. The fourth-order valence-electron chi connectivity index (χ4n) is 2.52. The number of carbonyl (C=O) groups is 2. The van der Waals surface area contributed by atoms with Crippen molar-refractivity contribution >= 4 is 29.4 Å². The van der Waals surface area contributed by atoms with Crippen LogP contribution in [0.25, 0.3) is 0 Å². The Kier molecular flexibility index (Phi) is 3.08. The van der Waals surface area contributed by atoms with Gasteiger partial charge < -0.3 is 4.90 Å². The zero-order valence-corrected chi connectivity index (χ0v) is 11.0. The molecule has 106 valence electrons. The predicted octanol–water partition coefficient (Wildman–Crippen LogP) is 2.14. The number of hydrogen-bond acceptors (Lipinski definition) is 3. The van der Waals surface area contributed by atoms with Crippen molar-refractivity contribution in [2.75, 3.05) is 11.4 Å². The van der Waals surface area contributed by atoms with Crippen LogP contribution in [0.15, 0.2) is 12.3 Å². The minimum absolute atomic E-state index is 0.0592. The number of fused-ring (bicyclic) bond motifs is 1. The first-order chi connectivity index (χ1) is 9.49. The van der Waals surface area contributed by atoms with E-state index in [9.17, 15) is 18.4 Å². The van der Waals surface area contributed by atoms with Gasteiger partial charge in [0.1, 0.15) is 12.2 Å². The number of nitrogens with zero attached hydrogens (tertiary/aromatic N) is 3. The van der Waals surface area contributed by atoms with Crippen LogP contribution < -0.4 is 4.90 Å². The molecule has 2 aliphatic rings. The molecule has 3 heterocycles. The maximum absolute atomic E-state index is 13.8. The van der Waals surface area contributed by atoms with Gasteiger partial charge in [-0.05, 0) is 12.5 Å². The van der Waals surface area contributed by atoms with Gasteiger partial charge in [0, 0.05) is 19.2 Å². The van der Waals surface area contributed by atoms with E-state index in [1.807, 2.05) is 0 Å². The maximum Gasteiger partial charge on any atom is 0.333 e. The van der Waals surface area contributed by atoms with E-state index < -0.39 is 35.8 Å². The number of imide groups is 1. The summed E-state index contributed by atoms with van der Waals surface area (Å²) in [5, 5.41) is 0.0619. The molecule has 3 amide bonds. The molecule has 0 spiro atoms. The molecule has 8 heteroatoms. The van der Waals surface area contributed by atoms with Gasteiger partial charge in [-0.25, -0.2) is 23.5 Å². The van der Waals surface area contributed by atoms with E-state index >= 15 is 0 Å². The number of alkyl halides is 1. The fourth-order valence-corrected chi connectivity index (χ4v) is 2.67. The highest BCUT2D eigenvalue weighted by atomic mass is 35.5. The quantitative estimate of drug-likeness (QED) is 0.747. The van der Waals surface area contributed by atoms with Crippen molar-refractivity contribution < 1.29 is 18.4 Å². The number of pyridine rings is 1. The van der Waals surface area contributed by atoms with Gasteiger partial charge in [-0.1, -0.05) is 11.6 Å². The highest BCUT2D eigenvalue weighted by Crippen LogP contribution is 2.32. The van der Waals surface area contributed by atoms with Gasteiger partial charge >= 0.3 is 6.03 Å². The Balaban J connectivity index is 1.98. The summed E-state index contributed by atoms with van der Waals surface area (Å²) in [7, 11) is 0. The third-order valence-electron chi connectivity index (χ3n) is 3.48. The first-order valence-corrected chi connectivity index (χ1v) is 6.46. The molecular weight excluding hydrogens is 292 g/mol. The second-order valence-corrected chi connectivity index (χ2v) is 5.18. The molecule has 5 nitrogen and oxygen atoms in total. The van der Waals surface area contributed by atoms with Crippen LogP contribution in [-0.4, -0.2) is 40.6 Å². The molecule has 1 aromatic heterocycles. The highest BCUT2D eigenvalue weighted by Gasteiger charge is 2.49. The normalized spacial score (nSPS) is 26.1. The molecule has 2 saturated heterocycles. The molecule has 0 radical (unpaired) electrons. The number of carbonyl (C=O) groups excluding carboxylic acids is 2. The largest absolute Gasteiger partial charge is 0.333 e. The monoisotopic (exact) mass is 301 g/mol. The Hall–Kier alpha value is -1.76. The minimum Gasteiger partial charge on any atom is -0.312 e. The van der Waals surface area contributed by atoms with Gasteiger partial charge in [-0.2, -0.15) is 0 Å². The van der Waals surface area contributed by atoms with E-state index in [1.165, 1.54) is 4.90 Å².